The second-order valence-corrected chi connectivity index (χ2v) is 7.20. The molecule has 0 unspecified atom stereocenters. The van der Waals surface area contributed by atoms with E-state index in [2.05, 4.69) is 4.98 Å². The van der Waals surface area contributed by atoms with Crippen molar-refractivity contribution in [3.63, 3.8) is 0 Å². The highest BCUT2D eigenvalue weighted by Crippen LogP contribution is 2.31. The van der Waals surface area contributed by atoms with Gasteiger partial charge in [0, 0.05) is 34.8 Å². The van der Waals surface area contributed by atoms with E-state index in [0.717, 1.165) is 24.2 Å². The number of rotatable bonds is 7. The minimum Gasteiger partial charge on any atom is -0.335 e. The van der Waals surface area contributed by atoms with E-state index in [1.165, 1.54) is 6.07 Å². The van der Waals surface area contributed by atoms with Crippen LogP contribution in [0.4, 0.5) is 4.39 Å². The van der Waals surface area contributed by atoms with Gasteiger partial charge in [-0.05, 0) is 36.6 Å². The maximum Gasteiger partial charge on any atom is 0.233 e. The molecule has 1 aromatic heterocycles. The van der Waals surface area contributed by atoms with Crippen LogP contribution in [0.25, 0.3) is 0 Å². The summed E-state index contributed by atoms with van der Waals surface area (Å²) in [6.07, 6.45) is 5.48. The van der Waals surface area contributed by atoms with Gasteiger partial charge in [0.2, 0.25) is 5.91 Å². The third kappa shape index (κ3) is 4.48. The van der Waals surface area contributed by atoms with Crippen molar-refractivity contribution >= 4 is 29.3 Å². The Labute approximate surface area is 150 Å². The van der Waals surface area contributed by atoms with Crippen LogP contribution in [-0.2, 0) is 17.1 Å². The zero-order valence-electron chi connectivity index (χ0n) is 13.1. The molecule has 2 aromatic rings. The lowest BCUT2D eigenvalue weighted by atomic mass is 10.2. The van der Waals surface area contributed by atoms with E-state index in [1.54, 1.807) is 41.2 Å². The summed E-state index contributed by atoms with van der Waals surface area (Å²) in [4.78, 5) is 18.4. The van der Waals surface area contributed by atoms with E-state index in [0.29, 0.717) is 16.3 Å². The molecule has 1 amide bonds. The number of hydrogen-bond donors (Lipinski definition) is 0. The molecule has 0 spiro atoms. The second-order valence-electron chi connectivity index (χ2n) is 5.81. The quantitative estimate of drug-likeness (QED) is 0.734. The Morgan fingerprint density at radius 2 is 2.17 bits per heavy atom. The molecule has 1 aliphatic carbocycles. The number of pyridine rings is 1. The van der Waals surface area contributed by atoms with Gasteiger partial charge in [0.25, 0.3) is 0 Å². The lowest BCUT2D eigenvalue weighted by Crippen LogP contribution is -2.34. The van der Waals surface area contributed by atoms with Crippen molar-refractivity contribution in [1.29, 1.82) is 0 Å². The molecule has 1 fully saturated rings. The number of thioether (sulfide) groups is 1. The Morgan fingerprint density at radius 3 is 2.83 bits per heavy atom. The molecular weight excluding hydrogens is 347 g/mol. The second kappa shape index (κ2) is 7.99. The molecule has 1 heterocycles. The van der Waals surface area contributed by atoms with Crippen molar-refractivity contribution in [3.8, 4) is 0 Å². The van der Waals surface area contributed by atoms with Crippen LogP contribution in [-0.4, -0.2) is 27.6 Å². The number of aromatic nitrogens is 1. The first kappa shape index (κ1) is 17.2. The maximum atomic E-state index is 14.0. The molecule has 3 nitrogen and oxygen atoms in total. The zero-order chi connectivity index (χ0) is 16.9. The summed E-state index contributed by atoms with van der Waals surface area (Å²) < 4.78 is 14.0. The monoisotopic (exact) mass is 364 g/mol. The third-order valence-corrected chi connectivity index (χ3v) is 5.26. The predicted octanol–water partition coefficient (Wildman–Crippen LogP) is 4.30. The average Bonchev–Trinajstić information content (AvgIpc) is 3.40. The Bertz CT molecular complexity index is 689. The summed E-state index contributed by atoms with van der Waals surface area (Å²) in [5, 5.41) is 0.372. The number of amides is 1. The molecule has 0 bridgehead atoms. The van der Waals surface area contributed by atoms with Crippen LogP contribution in [0.2, 0.25) is 5.02 Å². The Balaban J connectivity index is 1.60. The van der Waals surface area contributed by atoms with E-state index in [-0.39, 0.29) is 24.3 Å². The number of carbonyl (C=O) groups is 1. The highest BCUT2D eigenvalue weighted by atomic mass is 35.5. The van der Waals surface area contributed by atoms with Crippen molar-refractivity contribution in [2.75, 3.05) is 5.75 Å². The molecule has 0 atom stereocenters. The van der Waals surface area contributed by atoms with Crippen molar-refractivity contribution < 1.29 is 9.18 Å². The van der Waals surface area contributed by atoms with Gasteiger partial charge in [0.05, 0.1) is 12.3 Å². The molecule has 24 heavy (non-hydrogen) atoms. The number of nitrogens with zero attached hydrogens (tertiary/aromatic N) is 2. The molecule has 6 heteroatoms. The van der Waals surface area contributed by atoms with Crippen molar-refractivity contribution in [2.24, 2.45) is 0 Å². The van der Waals surface area contributed by atoms with Gasteiger partial charge in [-0.1, -0.05) is 23.7 Å². The minimum atomic E-state index is -0.357. The molecule has 126 valence electrons. The molecular formula is C18H18ClFN2OS. The number of hydrogen-bond acceptors (Lipinski definition) is 3. The molecule has 0 radical (unpaired) electrons. The Kier molecular flexibility index (Phi) is 5.74. The molecule has 1 aliphatic rings. The van der Waals surface area contributed by atoms with E-state index in [4.69, 9.17) is 11.6 Å². The van der Waals surface area contributed by atoms with Gasteiger partial charge in [-0.3, -0.25) is 9.78 Å². The van der Waals surface area contributed by atoms with E-state index in [9.17, 15) is 9.18 Å². The van der Waals surface area contributed by atoms with Gasteiger partial charge >= 0.3 is 0 Å². The van der Waals surface area contributed by atoms with Crippen LogP contribution in [0.1, 0.15) is 24.0 Å². The van der Waals surface area contributed by atoms with Gasteiger partial charge in [0.1, 0.15) is 5.82 Å². The van der Waals surface area contributed by atoms with E-state index < -0.39 is 0 Å². The fourth-order valence-corrected chi connectivity index (χ4v) is 3.56. The first-order chi connectivity index (χ1) is 11.6. The minimum absolute atomic E-state index is 0.0331. The van der Waals surface area contributed by atoms with Crippen LogP contribution < -0.4 is 0 Å². The van der Waals surface area contributed by atoms with E-state index >= 15 is 0 Å². The van der Waals surface area contributed by atoms with E-state index in [1.807, 2.05) is 12.1 Å². The number of benzene rings is 1. The average molecular weight is 365 g/mol. The maximum absolute atomic E-state index is 14.0. The number of carbonyl (C=O) groups excluding carboxylic acids is 1. The SMILES string of the molecule is O=C(CSCc1cccnc1)N(Cc1c(F)cccc1Cl)C1CC1. The summed E-state index contributed by atoms with van der Waals surface area (Å²) >= 11 is 7.65. The van der Waals surface area contributed by atoms with Crippen LogP contribution >= 0.6 is 23.4 Å². The Morgan fingerprint density at radius 1 is 1.33 bits per heavy atom. The fraction of sp³-hybridized carbons (Fsp3) is 0.333. The molecule has 1 saturated carbocycles. The standard InChI is InChI=1S/C18H18ClFN2OS/c19-16-4-1-5-17(20)15(16)10-22(14-6-7-14)18(23)12-24-11-13-3-2-8-21-9-13/h1-5,8-9,14H,6-7,10-12H2. The van der Waals surface area contributed by atoms with Gasteiger partial charge in [0.15, 0.2) is 0 Å². The molecule has 3 rings (SSSR count). The Hall–Kier alpha value is -1.59. The smallest absolute Gasteiger partial charge is 0.233 e. The van der Waals surface area contributed by atoms with Crippen molar-refractivity contribution in [2.45, 2.75) is 31.2 Å². The van der Waals surface area contributed by atoms with Gasteiger partial charge in [-0.15, -0.1) is 11.8 Å². The predicted molar refractivity (Wildman–Crippen MR) is 95.4 cm³/mol. The fourth-order valence-electron chi connectivity index (χ4n) is 2.48. The van der Waals surface area contributed by atoms with Crippen LogP contribution in [0.3, 0.4) is 0 Å². The first-order valence-electron chi connectivity index (χ1n) is 7.84. The zero-order valence-corrected chi connectivity index (χ0v) is 14.7. The summed E-state index contributed by atoms with van der Waals surface area (Å²) in [5.41, 5.74) is 1.49. The normalized spacial score (nSPS) is 13.8. The first-order valence-corrected chi connectivity index (χ1v) is 9.37. The van der Waals surface area contributed by atoms with Crippen LogP contribution in [0.15, 0.2) is 42.7 Å². The lowest BCUT2D eigenvalue weighted by Gasteiger charge is -2.23. The van der Waals surface area contributed by atoms with Gasteiger partial charge < -0.3 is 4.90 Å². The summed E-state index contributed by atoms with van der Waals surface area (Å²) in [5.74, 6) is 0.783. The molecule has 0 aliphatic heterocycles. The summed E-state index contributed by atoms with van der Waals surface area (Å²) in [6.45, 7) is 0.239. The van der Waals surface area contributed by atoms with Gasteiger partial charge in [-0.2, -0.15) is 0 Å². The van der Waals surface area contributed by atoms with Crippen LogP contribution in [0.5, 0.6) is 0 Å². The van der Waals surface area contributed by atoms with Gasteiger partial charge in [-0.25, -0.2) is 4.39 Å². The molecule has 0 N–H and O–H groups in total. The summed E-state index contributed by atoms with van der Waals surface area (Å²) in [7, 11) is 0. The van der Waals surface area contributed by atoms with Crippen molar-refractivity contribution in [3.05, 3.63) is 64.7 Å². The lowest BCUT2D eigenvalue weighted by molar-refractivity contribution is -0.129. The molecule has 1 aromatic carbocycles. The highest BCUT2D eigenvalue weighted by molar-refractivity contribution is 7.99. The topological polar surface area (TPSA) is 33.2 Å². The third-order valence-electron chi connectivity index (χ3n) is 3.92. The molecule has 0 saturated heterocycles. The van der Waals surface area contributed by atoms with Crippen molar-refractivity contribution in [1.82, 2.24) is 9.88 Å². The highest BCUT2D eigenvalue weighted by Gasteiger charge is 2.33. The largest absolute Gasteiger partial charge is 0.335 e. The van der Waals surface area contributed by atoms with Crippen LogP contribution in [0, 0.1) is 5.82 Å². The number of halogens is 2. The summed E-state index contributed by atoms with van der Waals surface area (Å²) in [6, 6.07) is 8.71.